The average molecular weight is 651 g/mol. The fraction of sp³-hybridized carbons (Fsp3) is 0.914. The second-order valence-electron chi connectivity index (χ2n) is 16.3. The third kappa shape index (κ3) is 6.86. The summed E-state index contributed by atoms with van der Waals surface area (Å²) in [4.78, 5) is 62.9. The minimum Gasteiger partial charge on any atom is -0.462 e. The van der Waals surface area contributed by atoms with Crippen LogP contribution < -0.4 is 5.32 Å². The lowest BCUT2D eigenvalue weighted by atomic mass is 9.42. The predicted octanol–water partition coefficient (Wildman–Crippen LogP) is 5.17. The van der Waals surface area contributed by atoms with E-state index in [1.54, 1.807) is 13.8 Å². The molecule has 1 saturated heterocycles. The van der Waals surface area contributed by atoms with Gasteiger partial charge in [0.1, 0.15) is 12.2 Å². The number of fused-ring (bicyclic) bond motifs is 5. The molecule has 1 aliphatic heterocycles. The largest absolute Gasteiger partial charge is 0.462 e. The molecule has 0 aromatic heterocycles. The molecule has 0 aromatic rings. The van der Waals surface area contributed by atoms with Crippen molar-refractivity contribution in [2.45, 2.75) is 130 Å². The summed E-state index contributed by atoms with van der Waals surface area (Å²) in [5.74, 6) is -1.29. The van der Waals surface area contributed by atoms with E-state index in [4.69, 9.17) is 29.0 Å². The first-order chi connectivity index (χ1) is 21.5. The lowest BCUT2D eigenvalue weighted by Crippen LogP contribution is -2.65. The van der Waals surface area contributed by atoms with Crippen molar-refractivity contribution < 1.29 is 43.4 Å². The zero-order valence-corrected chi connectivity index (χ0v) is 29.5. The van der Waals surface area contributed by atoms with Gasteiger partial charge in [0.2, 0.25) is 17.5 Å². The maximum absolute atomic E-state index is 12.7. The van der Waals surface area contributed by atoms with Crippen LogP contribution in [0.3, 0.4) is 0 Å². The molecule has 4 aliphatic carbocycles. The van der Waals surface area contributed by atoms with Crippen molar-refractivity contribution in [1.29, 1.82) is 0 Å². The monoisotopic (exact) mass is 650 g/mol. The zero-order chi connectivity index (χ0) is 33.7. The Labute approximate surface area is 274 Å². The Bertz CT molecular complexity index is 1140. The molecule has 4 saturated carbocycles. The van der Waals surface area contributed by atoms with Crippen molar-refractivity contribution >= 4 is 17.8 Å². The summed E-state index contributed by atoms with van der Waals surface area (Å²) in [7, 11) is 3.99. The molecule has 5 aliphatic rings. The summed E-state index contributed by atoms with van der Waals surface area (Å²) >= 11 is 0. The van der Waals surface area contributed by atoms with Crippen LogP contribution in [-0.2, 0) is 43.4 Å². The highest BCUT2D eigenvalue weighted by Crippen LogP contribution is 2.70. The lowest BCUT2D eigenvalue weighted by molar-refractivity contribution is -0.656. The highest BCUT2D eigenvalue weighted by molar-refractivity contribution is 5.75. The van der Waals surface area contributed by atoms with Crippen molar-refractivity contribution in [1.82, 2.24) is 10.2 Å². The van der Waals surface area contributed by atoms with Crippen molar-refractivity contribution in [3.05, 3.63) is 0 Å². The van der Waals surface area contributed by atoms with Gasteiger partial charge in [0.25, 0.3) is 0 Å². The van der Waals surface area contributed by atoms with Crippen molar-refractivity contribution in [3.8, 4) is 0 Å². The first-order valence-corrected chi connectivity index (χ1v) is 17.5. The van der Waals surface area contributed by atoms with Gasteiger partial charge in [-0.2, -0.15) is 19.6 Å². The van der Waals surface area contributed by atoms with Crippen LogP contribution in [0.2, 0.25) is 0 Å². The standard InChI is InChI=1S/C35H58N2O9/c1-21(10-13-30(40)36-16-17-37(8)9)25-11-12-26-31-27(19-29(34(25,26)7)42-23(3)39)33(6)14-15-35(45-43-32(4,5)44-46-35)20-24(33)18-28(31)41-22(2)38/h21,24-29,31H,10-20H2,1-9H3,(H,36,40)/t21-,24-,25-,26+,27+,28-,29+,31+,33+,34-/m1/s1. The van der Waals surface area contributed by atoms with E-state index >= 15 is 0 Å². The molecule has 0 radical (unpaired) electrons. The first-order valence-electron chi connectivity index (χ1n) is 17.5. The molecule has 5 rings (SSSR count). The lowest BCUT2D eigenvalue weighted by Gasteiger charge is -2.65. The molecular formula is C35H58N2O9. The quantitative estimate of drug-likeness (QED) is 0.264. The second kappa shape index (κ2) is 13.3. The van der Waals surface area contributed by atoms with Crippen LogP contribution in [0.15, 0.2) is 0 Å². The third-order valence-corrected chi connectivity index (χ3v) is 12.6. The van der Waals surface area contributed by atoms with E-state index < -0.39 is 11.6 Å². The highest BCUT2D eigenvalue weighted by Gasteiger charge is 2.69. The topological polar surface area (TPSA) is 122 Å². The van der Waals surface area contributed by atoms with Crippen LogP contribution in [0.1, 0.15) is 106 Å². The number of ether oxygens (including phenoxy) is 2. The molecule has 46 heavy (non-hydrogen) atoms. The molecule has 262 valence electrons. The average Bonchev–Trinajstić information content (AvgIpc) is 3.32. The number of carbonyl (C=O) groups excluding carboxylic acids is 3. The minimum absolute atomic E-state index is 0.0789. The zero-order valence-electron chi connectivity index (χ0n) is 29.5. The van der Waals surface area contributed by atoms with Crippen LogP contribution in [-0.4, -0.2) is 73.7 Å². The van der Waals surface area contributed by atoms with Gasteiger partial charge in [-0.25, -0.2) is 0 Å². The number of esters is 2. The highest BCUT2D eigenvalue weighted by atomic mass is 17.4. The molecule has 11 heteroatoms. The van der Waals surface area contributed by atoms with Gasteiger partial charge in [-0.05, 0) is 101 Å². The number of amides is 1. The summed E-state index contributed by atoms with van der Waals surface area (Å²) in [6, 6.07) is 0. The van der Waals surface area contributed by atoms with Crippen LogP contribution >= 0.6 is 0 Å². The fourth-order valence-corrected chi connectivity index (χ4v) is 10.4. The molecule has 1 heterocycles. The number of likely N-dealkylation sites (N-methyl/N-ethyl adjacent to an activating group) is 1. The second-order valence-corrected chi connectivity index (χ2v) is 16.3. The van der Waals surface area contributed by atoms with Crippen LogP contribution in [0, 0.1) is 46.3 Å². The maximum atomic E-state index is 12.7. The van der Waals surface area contributed by atoms with Crippen LogP contribution in [0.4, 0.5) is 0 Å². The molecule has 1 N–H and O–H groups in total. The molecule has 1 spiro atoms. The molecule has 11 nitrogen and oxygen atoms in total. The predicted molar refractivity (Wildman–Crippen MR) is 168 cm³/mol. The summed E-state index contributed by atoms with van der Waals surface area (Å²) in [6.07, 6.45) is 6.08. The molecule has 0 aromatic carbocycles. The number of nitrogens with one attached hydrogen (secondary N) is 1. The summed E-state index contributed by atoms with van der Waals surface area (Å²) in [5.41, 5.74) is -0.408. The number of hydrogen-bond acceptors (Lipinski definition) is 10. The number of nitrogens with zero attached hydrogens (tertiary/aromatic N) is 1. The maximum Gasteiger partial charge on any atom is 0.302 e. The normalized spacial score (nSPS) is 39.9. The Balaban J connectivity index is 1.40. The van der Waals surface area contributed by atoms with Gasteiger partial charge < -0.3 is 19.7 Å². The van der Waals surface area contributed by atoms with Gasteiger partial charge in [-0.1, -0.05) is 20.8 Å². The van der Waals surface area contributed by atoms with Crippen molar-refractivity contribution in [2.75, 3.05) is 27.2 Å². The fourth-order valence-electron chi connectivity index (χ4n) is 10.4. The Morgan fingerprint density at radius 1 is 0.913 bits per heavy atom. The van der Waals surface area contributed by atoms with Crippen molar-refractivity contribution in [2.24, 2.45) is 46.3 Å². The summed E-state index contributed by atoms with van der Waals surface area (Å²) in [6.45, 7) is 14.8. The van der Waals surface area contributed by atoms with Gasteiger partial charge >= 0.3 is 11.9 Å². The number of hydrogen-bond donors (Lipinski definition) is 1. The van der Waals surface area contributed by atoms with Gasteiger partial charge in [0, 0.05) is 57.5 Å². The van der Waals surface area contributed by atoms with E-state index in [0.29, 0.717) is 38.6 Å². The van der Waals surface area contributed by atoms with Crippen LogP contribution in [0.5, 0.6) is 0 Å². The molecule has 5 fully saturated rings. The van der Waals surface area contributed by atoms with E-state index in [-0.39, 0.29) is 76.4 Å². The molecule has 1 amide bonds. The van der Waals surface area contributed by atoms with Crippen molar-refractivity contribution in [3.63, 3.8) is 0 Å². The van der Waals surface area contributed by atoms with E-state index in [9.17, 15) is 14.4 Å². The SMILES string of the molecule is CC(=O)O[C@H]1C[C@H]2[C@@H]([C@H](OC(C)=O)C[C@@H]3CC4(CC[C@@]32C)OOC(C)(C)OO4)[C@@H]2CC[C@H]([C@H](C)CCC(=O)NCCN(C)C)[C@@]12C. The first kappa shape index (κ1) is 35.5. The third-order valence-electron chi connectivity index (χ3n) is 12.6. The molecule has 0 unspecified atom stereocenters. The molecule has 0 bridgehead atoms. The Kier molecular flexibility index (Phi) is 10.2. The van der Waals surface area contributed by atoms with E-state index in [0.717, 1.165) is 32.2 Å². The summed E-state index contributed by atoms with van der Waals surface area (Å²) < 4.78 is 12.5. The number of carbonyl (C=O) groups is 3. The Morgan fingerprint density at radius 2 is 1.59 bits per heavy atom. The van der Waals surface area contributed by atoms with Gasteiger partial charge in [-0.3, -0.25) is 14.4 Å². The molecule has 10 atom stereocenters. The van der Waals surface area contributed by atoms with E-state index in [2.05, 4.69) is 31.0 Å². The molecular weight excluding hydrogens is 592 g/mol. The summed E-state index contributed by atoms with van der Waals surface area (Å²) in [5, 5.41) is 3.05. The number of rotatable bonds is 9. The van der Waals surface area contributed by atoms with Gasteiger partial charge in [-0.15, -0.1) is 0 Å². The Hall–Kier alpha value is -1.79. The van der Waals surface area contributed by atoms with Gasteiger partial charge in [0.15, 0.2) is 0 Å². The van der Waals surface area contributed by atoms with Gasteiger partial charge in [0.05, 0.1) is 0 Å². The van der Waals surface area contributed by atoms with E-state index in [1.807, 2.05) is 14.1 Å². The van der Waals surface area contributed by atoms with E-state index in [1.165, 1.54) is 13.8 Å². The van der Waals surface area contributed by atoms with Crippen LogP contribution in [0.25, 0.3) is 0 Å². The smallest absolute Gasteiger partial charge is 0.302 e. The minimum atomic E-state index is -1.02. The Morgan fingerprint density at radius 3 is 2.22 bits per heavy atom.